The minimum absolute atomic E-state index is 1.17. The van der Waals surface area contributed by atoms with Crippen LogP contribution in [0.4, 0.5) is 0 Å². The highest BCUT2D eigenvalue weighted by Gasteiger charge is 2.08. The molecule has 0 fully saturated rings. The summed E-state index contributed by atoms with van der Waals surface area (Å²) >= 11 is 0. The van der Waals surface area contributed by atoms with Crippen LogP contribution >= 0.6 is 0 Å². The van der Waals surface area contributed by atoms with E-state index < -0.39 is 0 Å². The molecular weight excluding hydrogens is 264 g/mol. The van der Waals surface area contributed by atoms with Gasteiger partial charge in [0, 0.05) is 0 Å². The fraction of sp³-hybridized carbons (Fsp3) is 0. The van der Waals surface area contributed by atoms with E-state index in [1.165, 1.54) is 38.2 Å². The van der Waals surface area contributed by atoms with Crippen molar-refractivity contribution in [1.82, 2.24) is 0 Å². The Morgan fingerprint density at radius 1 is 0.545 bits per heavy atom. The molecule has 0 bridgehead atoms. The first-order valence-electron chi connectivity index (χ1n) is 7.51. The van der Waals surface area contributed by atoms with E-state index in [4.69, 9.17) is 0 Å². The van der Waals surface area contributed by atoms with Crippen LogP contribution in [-0.2, 0) is 0 Å². The van der Waals surface area contributed by atoms with Gasteiger partial charge in [0.2, 0.25) is 0 Å². The zero-order valence-electron chi connectivity index (χ0n) is 12.3. The molecule has 0 heterocycles. The number of hydrogen-bond donors (Lipinski definition) is 0. The molecule has 0 aromatic heterocycles. The predicted octanol–water partition coefficient (Wildman–Crippen LogP) is 6.30. The van der Waals surface area contributed by atoms with E-state index in [2.05, 4.69) is 85.4 Å². The second-order valence-electron chi connectivity index (χ2n) is 5.48. The van der Waals surface area contributed by atoms with E-state index in [-0.39, 0.29) is 0 Å². The molecule has 0 saturated carbocycles. The summed E-state index contributed by atoms with van der Waals surface area (Å²) in [6.07, 6.45) is 1.93. The number of benzene rings is 4. The monoisotopic (exact) mass is 280 g/mol. The summed E-state index contributed by atoms with van der Waals surface area (Å²) in [5, 5.41) is 5.17. The standard InChI is InChI=1S/C22H16/c1-2-16-8-3-5-10-18(16)20-12-7-13-21-19-11-6-4-9-17(19)14-15-22(20)21/h2-15H,1H2. The first-order chi connectivity index (χ1) is 10.9. The van der Waals surface area contributed by atoms with Gasteiger partial charge in [-0.2, -0.15) is 0 Å². The Hall–Kier alpha value is -2.86. The Labute approximate surface area is 130 Å². The molecule has 0 nitrogen and oxygen atoms in total. The third-order valence-electron chi connectivity index (χ3n) is 4.26. The third-order valence-corrected chi connectivity index (χ3v) is 4.26. The molecule has 0 N–H and O–H groups in total. The van der Waals surface area contributed by atoms with Crippen molar-refractivity contribution in [3.63, 3.8) is 0 Å². The molecule has 4 aromatic carbocycles. The molecule has 0 heteroatoms. The average molecular weight is 280 g/mol. The van der Waals surface area contributed by atoms with Gasteiger partial charge in [-0.25, -0.2) is 0 Å². The lowest BCUT2D eigenvalue weighted by molar-refractivity contribution is 1.62. The fourth-order valence-corrected chi connectivity index (χ4v) is 3.20. The van der Waals surface area contributed by atoms with E-state index in [1.54, 1.807) is 0 Å². The Morgan fingerprint density at radius 3 is 2.18 bits per heavy atom. The molecule has 22 heavy (non-hydrogen) atoms. The highest BCUT2D eigenvalue weighted by molar-refractivity contribution is 6.12. The van der Waals surface area contributed by atoms with Crippen molar-refractivity contribution in [2.24, 2.45) is 0 Å². The first-order valence-corrected chi connectivity index (χ1v) is 7.51. The maximum Gasteiger partial charge on any atom is -0.00987 e. The normalized spacial score (nSPS) is 10.9. The summed E-state index contributed by atoms with van der Waals surface area (Å²) < 4.78 is 0. The lowest BCUT2D eigenvalue weighted by Gasteiger charge is -2.11. The second-order valence-corrected chi connectivity index (χ2v) is 5.48. The highest BCUT2D eigenvalue weighted by atomic mass is 14.1. The summed E-state index contributed by atoms with van der Waals surface area (Å²) in [5.74, 6) is 0. The van der Waals surface area contributed by atoms with Crippen molar-refractivity contribution < 1.29 is 0 Å². The Kier molecular flexibility index (Phi) is 3.01. The Morgan fingerprint density at radius 2 is 1.27 bits per heavy atom. The molecule has 0 unspecified atom stereocenters. The van der Waals surface area contributed by atoms with Gasteiger partial charge in [-0.05, 0) is 38.2 Å². The molecule has 0 atom stereocenters. The topological polar surface area (TPSA) is 0 Å². The van der Waals surface area contributed by atoms with Crippen molar-refractivity contribution in [3.05, 3.63) is 91.0 Å². The molecular formula is C22H16. The molecule has 0 aliphatic rings. The van der Waals surface area contributed by atoms with Crippen molar-refractivity contribution in [1.29, 1.82) is 0 Å². The smallest absolute Gasteiger partial charge is 0.00987 e. The maximum atomic E-state index is 3.95. The van der Waals surface area contributed by atoms with Crippen LogP contribution in [-0.4, -0.2) is 0 Å². The number of rotatable bonds is 2. The van der Waals surface area contributed by atoms with E-state index >= 15 is 0 Å². The van der Waals surface area contributed by atoms with Crippen LogP contribution in [0.5, 0.6) is 0 Å². The van der Waals surface area contributed by atoms with Crippen LogP contribution in [0.3, 0.4) is 0 Å². The second kappa shape index (κ2) is 5.16. The summed E-state index contributed by atoms with van der Waals surface area (Å²) in [4.78, 5) is 0. The van der Waals surface area contributed by atoms with Crippen LogP contribution in [0.1, 0.15) is 5.56 Å². The highest BCUT2D eigenvalue weighted by Crippen LogP contribution is 2.34. The van der Waals surface area contributed by atoms with Gasteiger partial charge < -0.3 is 0 Å². The molecule has 0 amide bonds. The van der Waals surface area contributed by atoms with Crippen molar-refractivity contribution in [2.45, 2.75) is 0 Å². The number of fused-ring (bicyclic) bond motifs is 3. The van der Waals surface area contributed by atoms with Crippen molar-refractivity contribution in [3.8, 4) is 11.1 Å². The third kappa shape index (κ3) is 1.93. The van der Waals surface area contributed by atoms with Crippen LogP contribution in [0.15, 0.2) is 85.4 Å². The molecule has 0 radical (unpaired) electrons. The predicted molar refractivity (Wildman–Crippen MR) is 97.0 cm³/mol. The van der Waals surface area contributed by atoms with Crippen LogP contribution < -0.4 is 0 Å². The van der Waals surface area contributed by atoms with E-state index in [1.807, 2.05) is 6.08 Å². The largest absolute Gasteiger partial charge is 0.0984 e. The molecule has 0 aliphatic carbocycles. The molecule has 0 saturated heterocycles. The number of hydrogen-bond acceptors (Lipinski definition) is 0. The first kappa shape index (κ1) is 12.8. The lowest BCUT2D eigenvalue weighted by atomic mass is 9.92. The van der Waals surface area contributed by atoms with Crippen molar-refractivity contribution in [2.75, 3.05) is 0 Å². The maximum absolute atomic E-state index is 3.95. The van der Waals surface area contributed by atoms with Crippen LogP contribution in [0.2, 0.25) is 0 Å². The molecule has 0 spiro atoms. The quantitative estimate of drug-likeness (QED) is 0.378. The van der Waals surface area contributed by atoms with Gasteiger partial charge in [-0.15, -0.1) is 0 Å². The zero-order chi connectivity index (χ0) is 14.9. The van der Waals surface area contributed by atoms with Gasteiger partial charge in [0.05, 0.1) is 0 Å². The lowest BCUT2D eigenvalue weighted by Crippen LogP contribution is -1.86. The molecule has 104 valence electrons. The zero-order valence-corrected chi connectivity index (χ0v) is 12.3. The van der Waals surface area contributed by atoms with Gasteiger partial charge in [0.1, 0.15) is 0 Å². The minimum atomic E-state index is 1.17. The summed E-state index contributed by atoms with van der Waals surface area (Å²) in [5.41, 5.74) is 3.67. The average Bonchev–Trinajstić information content (AvgIpc) is 2.61. The minimum Gasteiger partial charge on any atom is -0.0984 e. The van der Waals surface area contributed by atoms with Crippen LogP contribution in [0.25, 0.3) is 38.7 Å². The van der Waals surface area contributed by atoms with Gasteiger partial charge in [0.25, 0.3) is 0 Å². The Balaban J connectivity index is 2.11. The summed E-state index contributed by atoms with van der Waals surface area (Å²) in [7, 11) is 0. The molecule has 4 aromatic rings. The van der Waals surface area contributed by atoms with Gasteiger partial charge in [-0.3, -0.25) is 0 Å². The van der Waals surface area contributed by atoms with Crippen LogP contribution in [0, 0.1) is 0 Å². The Bertz CT molecular complexity index is 993. The SMILES string of the molecule is C=Cc1ccccc1-c1cccc2c1ccc1ccccc12. The molecule has 0 aliphatic heterocycles. The fourth-order valence-electron chi connectivity index (χ4n) is 3.20. The van der Waals surface area contributed by atoms with E-state index in [0.717, 1.165) is 0 Å². The van der Waals surface area contributed by atoms with Crippen molar-refractivity contribution >= 4 is 27.6 Å². The van der Waals surface area contributed by atoms with E-state index in [0.29, 0.717) is 0 Å². The summed E-state index contributed by atoms with van der Waals surface area (Å²) in [6.45, 7) is 3.95. The molecule has 4 rings (SSSR count). The summed E-state index contributed by atoms with van der Waals surface area (Å²) in [6, 6.07) is 28.0. The van der Waals surface area contributed by atoms with Gasteiger partial charge in [-0.1, -0.05) is 91.5 Å². The van der Waals surface area contributed by atoms with Gasteiger partial charge >= 0.3 is 0 Å². The van der Waals surface area contributed by atoms with E-state index in [9.17, 15) is 0 Å². The van der Waals surface area contributed by atoms with Gasteiger partial charge in [0.15, 0.2) is 0 Å².